The Balaban J connectivity index is 0.000000191. The van der Waals surface area contributed by atoms with Gasteiger partial charge in [-0.05, 0) is 81.4 Å². The second-order valence-electron chi connectivity index (χ2n) is 11.7. The first-order valence-corrected chi connectivity index (χ1v) is 14.7. The van der Waals surface area contributed by atoms with Crippen molar-refractivity contribution in [2.75, 3.05) is 13.1 Å². The van der Waals surface area contributed by atoms with Crippen molar-refractivity contribution in [3.8, 4) is 0 Å². The average Bonchev–Trinajstić information content (AvgIpc) is 2.86. The van der Waals surface area contributed by atoms with Gasteiger partial charge in [0.2, 0.25) is 0 Å². The summed E-state index contributed by atoms with van der Waals surface area (Å²) in [7, 11) is 0. The lowest BCUT2D eigenvalue weighted by atomic mass is 9.76. The van der Waals surface area contributed by atoms with Crippen molar-refractivity contribution in [2.45, 2.75) is 122 Å². The van der Waals surface area contributed by atoms with Crippen LogP contribution >= 0.6 is 0 Å². The molecule has 4 rings (SSSR count). The van der Waals surface area contributed by atoms with E-state index in [4.69, 9.17) is 0 Å². The van der Waals surface area contributed by atoms with Gasteiger partial charge in [0, 0.05) is 6.42 Å². The van der Waals surface area contributed by atoms with Gasteiger partial charge in [0.05, 0.1) is 5.76 Å². The van der Waals surface area contributed by atoms with Gasteiger partial charge in [0.25, 0.3) is 0 Å². The standard InChI is InChI=1S/C16H31N.C16H22O/c1-3-7-15(8-4-1)11-13-17-14-12-16-9-5-2-6-10-16;1-12-6-8-15(9-7-12)16-5-3-4-14(11-16)10-13(2)17/h15-17H,1-14H2;6-9,14,16-17H,2-5,10-11H2,1H3. The van der Waals surface area contributed by atoms with E-state index in [0.29, 0.717) is 17.6 Å². The van der Waals surface area contributed by atoms with Crippen LogP contribution in [0, 0.1) is 24.7 Å². The van der Waals surface area contributed by atoms with E-state index in [1.807, 2.05) is 0 Å². The fourth-order valence-electron chi connectivity index (χ4n) is 6.64. The summed E-state index contributed by atoms with van der Waals surface area (Å²) in [6.45, 7) is 8.29. The van der Waals surface area contributed by atoms with Crippen molar-refractivity contribution >= 4 is 0 Å². The number of hydrogen-bond acceptors (Lipinski definition) is 2. The lowest BCUT2D eigenvalue weighted by Crippen LogP contribution is -2.22. The van der Waals surface area contributed by atoms with Crippen LogP contribution in [0.2, 0.25) is 0 Å². The third-order valence-corrected chi connectivity index (χ3v) is 8.76. The normalized spacial score (nSPS) is 24.3. The van der Waals surface area contributed by atoms with Crippen LogP contribution in [0.3, 0.4) is 0 Å². The second kappa shape index (κ2) is 15.7. The second-order valence-corrected chi connectivity index (χ2v) is 11.7. The smallest absolute Gasteiger partial charge is 0.0853 e. The molecule has 0 aliphatic heterocycles. The summed E-state index contributed by atoms with van der Waals surface area (Å²) in [5.74, 6) is 3.73. The summed E-state index contributed by atoms with van der Waals surface area (Å²) in [6, 6.07) is 8.92. The number of aliphatic hydroxyl groups is 1. The van der Waals surface area contributed by atoms with Crippen molar-refractivity contribution < 1.29 is 5.11 Å². The van der Waals surface area contributed by atoms with Crippen molar-refractivity contribution in [3.63, 3.8) is 0 Å². The Bertz CT molecular complexity index is 649. The van der Waals surface area contributed by atoms with Crippen LogP contribution in [-0.2, 0) is 0 Å². The zero-order valence-electron chi connectivity index (χ0n) is 22.2. The monoisotopic (exact) mass is 467 g/mol. The van der Waals surface area contributed by atoms with Crippen molar-refractivity contribution in [2.24, 2.45) is 17.8 Å². The maximum atomic E-state index is 9.30. The maximum absolute atomic E-state index is 9.30. The molecule has 3 aliphatic rings. The van der Waals surface area contributed by atoms with Gasteiger partial charge in [-0.15, -0.1) is 0 Å². The third kappa shape index (κ3) is 10.5. The van der Waals surface area contributed by atoms with E-state index in [0.717, 1.165) is 18.3 Å². The van der Waals surface area contributed by atoms with Crippen LogP contribution in [-0.4, -0.2) is 18.2 Å². The molecule has 3 fully saturated rings. The fraction of sp³-hybridized carbons (Fsp3) is 0.750. The molecule has 1 aromatic rings. The van der Waals surface area contributed by atoms with E-state index in [1.54, 1.807) is 0 Å². The highest BCUT2D eigenvalue weighted by atomic mass is 16.3. The molecule has 0 heterocycles. The summed E-state index contributed by atoms with van der Waals surface area (Å²) < 4.78 is 0. The molecule has 2 atom stereocenters. The number of hydrogen-bond donors (Lipinski definition) is 2. The van der Waals surface area contributed by atoms with E-state index in [1.165, 1.54) is 127 Å². The van der Waals surface area contributed by atoms with E-state index in [2.05, 4.69) is 43.1 Å². The molecule has 2 heteroatoms. The van der Waals surface area contributed by atoms with Crippen molar-refractivity contribution in [1.29, 1.82) is 0 Å². The Hall–Kier alpha value is -1.28. The fourth-order valence-corrected chi connectivity index (χ4v) is 6.64. The Morgan fingerprint density at radius 3 is 1.82 bits per heavy atom. The zero-order valence-corrected chi connectivity index (χ0v) is 22.2. The predicted molar refractivity (Wildman–Crippen MR) is 148 cm³/mol. The predicted octanol–water partition coefficient (Wildman–Crippen LogP) is 9.25. The van der Waals surface area contributed by atoms with Crippen LogP contribution in [0.1, 0.15) is 126 Å². The molecule has 1 aromatic carbocycles. The Kier molecular flexibility index (Phi) is 12.6. The van der Waals surface area contributed by atoms with Gasteiger partial charge < -0.3 is 10.4 Å². The minimum Gasteiger partial charge on any atom is -0.513 e. The van der Waals surface area contributed by atoms with E-state index in [9.17, 15) is 5.11 Å². The van der Waals surface area contributed by atoms with Crippen LogP contribution < -0.4 is 5.32 Å². The number of benzene rings is 1. The van der Waals surface area contributed by atoms with Gasteiger partial charge in [-0.1, -0.05) is 107 Å². The lowest BCUT2D eigenvalue weighted by molar-refractivity contribution is 0.278. The number of allylic oxidation sites excluding steroid dienone is 1. The molecule has 3 aliphatic carbocycles. The van der Waals surface area contributed by atoms with Gasteiger partial charge >= 0.3 is 0 Å². The first-order valence-electron chi connectivity index (χ1n) is 14.7. The highest BCUT2D eigenvalue weighted by molar-refractivity contribution is 5.25. The van der Waals surface area contributed by atoms with E-state index >= 15 is 0 Å². The molecule has 192 valence electrons. The number of nitrogens with one attached hydrogen (secondary N) is 1. The molecular weight excluding hydrogens is 414 g/mol. The van der Waals surface area contributed by atoms with E-state index < -0.39 is 0 Å². The van der Waals surface area contributed by atoms with Crippen LogP contribution in [0.5, 0.6) is 0 Å². The van der Waals surface area contributed by atoms with Crippen molar-refractivity contribution in [1.82, 2.24) is 5.32 Å². The van der Waals surface area contributed by atoms with Gasteiger partial charge in [-0.3, -0.25) is 0 Å². The molecule has 34 heavy (non-hydrogen) atoms. The van der Waals surface area contributed by atoms with E-state index in [-0.39, 0.29) is 0 Å². The summed E-state index contributed by atoms with van der Waals surface area (Å²) in [4.78, 5) is 0. The maximum Gasteiger partial charge on any atom is 0.0853 e. The first kappa shape index (κ1) is 27.3. The molecule has 0 amide bonds. The molecule has 0 aromatic heterocycles. The number of aliphatic hydroxyl groups excluding tert-OH is 1. The number of aryl methyl sites for hydroxylation is 1. The first-order chi connectivity index (χ1) is 16.6. The highest BCUT2D eigenvalue weighted by Gasteiger charge is 2.23. The molecule has 0 saturated heterocycles. The molecule has 0 radical (unpaired) electrons. The zero-order chi connectivity index (χ0) is 24.0. The summed E-state index contributed by atoms with van der Waals surface area (Å²) in [6.07, 6.45) is 23.6. The molecule has 3 saturated carbocycles. The Labute approximate surface area is 211 Å². The van der Waals surface area contributed by atoms with Gasteiger partial charge in [0.15, 0.2) is 0 Å². The molecule has 2 N–H and O–H groups in total. The minimum atomic E-state index is 0.347. The minimum absolute atomic E-state index is 0.347. The molecule has 0 bridgehead atoms. The van der Waals surface area contributed by atoms with Crippen LogP contribution in [0.25, 0.3) is 0 Å². The average molecular weight is 468 g/mol. The van der Waals surface area contributed by atoms with Gasteiger partial charge in [-0.25, -0.2) is 0 Å². The lowest BCUT2D eigenvalue weighted by Gasteiger charge is -2.29. The third-order valence-electron chi connectivity index (χ3n) is 8.76. The van der Waals surface area contributed by atoms with Crippen molar-refractivity contribution in [3.05, 3.63) is 47.7 Å². The molecule has 2 nitrogen and oxygen atoms in total. The molecular formula is C32H53NO. The topological polar surface area (TPSA) is 32.3 Å². The molecule has 2 unspecified atom stereocenters. The summed E-state index contributed by atoms with van der Waals surface area (Å²) in [5, 5.41) is 13.0. The number of rotatable bonds is 9. The van der Waals surface area contributed by atoms with Crippen LogP contribution in [0.15, 0.2) is 36.6 Å². The summed E-state index contributed by atoms with van der Waals surface area (Å²) >= 11 is 0. The SMILES string of the molecule is C1CCC(CCNCCC2CCCCC2)CC1.C=C(O)CC1CCCC(c2ccc(C)cc2)C1. The quantitative estimate of drug-likeness (QED) is 0.280. The Morgan fingerprint density at radius 2 is 1.29 bits per heavy atom. The van der Waals surface area contributed by atoms with Gasteiger partial charge in [-0.2, -0.15) is 0 Å². The summed E-state index contributed by atoms with van der Waals surface area (Å²) in [5.41, 5.74) is 2.79. The largest absolute Gasteiger partial charge is 0.513 e. The highest BCUT2D eigenvalue weighted by Crippen LogP contribution is 2.38. The van der Waals surface area contributed by atoms with Gasteiger partial charge in [0.1, 0.15) is 0 Å². The van der Waals surface area contributed by atoms with Crippen LogP contribution in [0.4, 0.5) is 0 Å². The molecule has 0 spiro atoms. The Morgan fingerprint density at radius 1 is 0.765 bits per heavy atom.